The molecule has 1 N–H and O–H groups in total. The predicted molar refractivity (Wildman–Crippen MR) is 73.7 cm³/mol. The standard InChI is InChI=1S/C16H22FNO/c1-18-16(14-10-6-3-4-7-11(10)14)12-8-5-9-13(19-2)15(12)17/h5,8-11,14,16,18H,3-4,6-7H2,1-2H3. The Kier molecular flexibility index (Phi) is 3.48. The zero-order valence-corrected chi connectivity index (χ0v) is 11.7. The monoisotopic (exact) mass is 263 g/mol. The number of halogens is 1. The van der Waals surface area contributed by atoms with Crippen LogP contribution in [0, 0.1) is 23.6 Å². The van der Waals surface area contributed by atoms with Gasteiger partial charge in [-0.2, -0.15) is 0 Å². The quantitative estimate of drug-likeness (QED) is 0.897. The summed E-state index contributed by atoms with van der Waals surface area (Å²) in [6.45, 7) is 0. The van der Waals surface area contributed by atoms with E-state index in [9.17, 15) is 4.39 Å². The molecule has 3 rings (SSSR count). The van der Waals surface area contributed by atoms with Crippen molar-refractivity contribution in [1.82, 2.24) is 5.32 Å². The van der Waals surface area contributed by atoms with Gasteiger partial charge in [0.2, 0.25) is 0 Å². The van der Waals surface area contributed by atoms with E-state index < -0.39 is 0 Å². The average Bonchev–Trinajstić information content (AvgIpc) is 3.16. The van der Waals surface area contributed by atoms with Crippen molar-refractivity contribution >= 4 is 0 Å². The van der Waals surface area contributed by atoms with Crippen LogP contribution in [-0.2, 0) is 0 Å². The number of benzene rings is 1. The highest BCUT2D eigenvalue weighted by Gasteiger charge is 2.54. The van der Waals surface area contributed by atoms with E-state index in [0.29, 0.717) is 11.7 Å². The fraction of sp³-hybridized carbons (Fsp3) is 0.625. The smallest absolute Gasteiger partial charge is 0.169 e. The molecule has 0 spiro atoms. The Bertz CT molecular complexity index is 450. The van der Waals surface area contributed by atoms with Crippen LogP contribution in [0.3, 0.4) is 0 Å². The van der Waals surface area contributed by atoms with E-state index in [4.69, 9.17) is 4.74 Å². The Morgan fingerprint density at radius 2 is 1.95 bits per heavy atom. The lowest BCUT2D eigenvalue weighted by atomic mass is 9.99. The summed E-state index contributed by atoms with van der Waals surface area (Å²) in [5.74, 6) is 2.36. The van der Waals surface area contributed by atoms with Gasteiger partial charge >= 0.3 is 0 Å². The maximum Gasteiger partial charge on any atom is 0.169 e. The molecule has 0 heterocycles. The van der Waals surface area contributed by atoms with E-state index in [2.05, 4.69) is 5.32 Å². The van der Waals surface area contributed by atoms with Gasteiger partial charge < -0.3 is 10.1 Å². The van der Waals surface area contributed by atoms with Crippen LogP contribution < -0.4 is 10.1 Å². The number of rotatable bonds is 4. The van der Waals surface area contributed by atoms with Gasteiger partial charge in [-0.1, -0.05) is 25.0 Å². The van der Waals surface area contributed by atoms with Gasteiger partial charge in [0.15, 0.2) is 11.6 Å². The Balaban J connectivity index is 1.87. The molecule has 0 aromatic heterocycles. The zero-order valence-electron chi connectivity index (χ0n) is 11.7. The molecular formula is C16H22FNO. The van der Waals surface area contributed by atoms with E-state index in [1.54, 1.807) is 6.07 Å². The molecule has 2 fully saturated rings. The minimum Gasteiger partial charge on any atom is -0.494 e. The van der Waals surface area contributed by atoms with Crippen LogP contribution in [0.15, 0.2) is 18.2 Å². The molecule has 3 unspecified atom stereocenters. The third-order valence-electron chi connectivity index (χ3n) is 4.97. The molecule has 2 aliphatic rings. The summed E-state index contributed by atoms with van der Waals surface area (Å²) in [4.78, 5) is 0. The number of nitrogens with one attached hydrogen (secondary N) is 1. The van der Waals surface area contributed by atoms with Gasteiger partial charge in [0.25, 0.3) is 0 Å². The average molecular weight is 263 g/mol. The van der Waals surface area contributed by atoms with Crippen LogP contribution >= 0.6 is 0 Å². The topological polar surface area (TPSA) is 21.3 Å². The van der Waals surface area contributed by atoms with Gasteiger partial charge in [0, 0.05) is 11.6 Å². The summed E-state index contributed by atoms with van der Waals surface area (Å²) in [7, 11) is 3.46. The van der Waals surface area contributed by atoms with Gasteiger partial charge in [0.05, 0.1) is 7.11 Å². The van der Waals surface area contributed by atoms with Crippen LogP contribution in [0.5, 0.6) is 5.75 Å². The molecule has 1 aromatic carbocycles. The highest BCUT2D eigenvalue weighted by atomic mass is 19.1. The van der Waals surface area contributed by atoms with Crippen LogP contribution in [0.25, 0.3) is 0 Å². The van der Waals surface area contributed by atoms with E-state index in [-0.39, 0.29) is 11.9 Å². The summed E-state index contributed by atoms with van der Waals surface area (Å²) < 4.78 is 19.5. The van der Waals surface area contributed by atoms with Gasteiger partial charge in [-0.25, -0.2) is 4.39 Å². The normalized spacial score (nSPS) is 30.6. The molecule has 0 aliphatic heterocycles. The number of hydrogen-bond donors (Lipinski definition) is 1. The van der Waals surface area contributed by atoms with Crippen LogP contribution in [0.4, 0.5) is 4.39 Å². The minimum atomic E-state index is -0.201. The van der Waals surface area contributed by atoms with Crippen molar-refractivity contribution in [2.75, 3.05) is 14.2 Å². The molecule has 0 radical (unpaired) electrons. The molecule has 0 saturated heterocycles. The van der Waals surface area contributed by atoms with Crippen molar-refractivity contribution in [2.45, 2.75) is 31.7 Å². The summed E-state index contributed by atoms with van der Waals surface area (Å²) in [6, 6.07) is 5.59. The van der Waals surface area contributed by atoms with Crippen LogP contribution in [-0.4, -0.2) is 14.2 Å². The zero-order chi connectivity index (χ0) is 13.4. The Hall–Kier alpha value is -1.09. The third-order valence-corrected chi connectivity index (χ3v) is 4.97. The van der Waals surface area contributed by atoms with Crippen LogP contribution in [0.2, 0.25) is 0 Å². The van der Waals surface area contributed by atoms with Crippen molar-refractivity contribution in [1.29, 1.82) is 0 Å². The molecule has 0 bridgehead atoms. The van der Waals surface area contributed by atoms with Gasteiger partial charge in [-0.05, 0) is 43.7 Å². The highest BCUT2D eigenvalue weighted by molar-refractivity contribution is 5.34. The predicted octanol–water partition coefficient (Wildman–Crippen LogP) is 3.53. The molecule has 2 nitrogen and oxygen atoms in total. The first-order valence-electron chi connectivity index (χ1n) is 7.27. The van der Waals surface area contributed by atoms with Crippen molar-refractivity contribution in [3.8, 4) is 5.75 Å². The van der Waals surface area contributed by atoms with Crippen molar-refractivity contribution in [3.63, 3.8) is 0 Å². The molecule has 104 valence electrons. The maximum atomic E-state index is 14.4. The van der Waals surface area contributed by atoms with Crippen LogP contribution in [0.1, 0.15) is 37.3 Å². The Labute approximate surface area is 114 Å². The number of ether oxygens (including phenoxy) is 1. The molecule has 0 amide bonds. The number of fused-ring (bicyclic) bond motifs is 1. The maximum absolute atomic E-state index is 14.4. The first-order valence-corrected chi connectivity index (χ1v) is 7.27. The Morgan fingerprint density at radius 3 is 2.53 bits per heavy atom. The fourth-order valence-corrected chi connectivity index (χ4v) is 4.02. The van der Waals surface area contributed by atoms with Gasteiger partial charge in [-0.3, -0.25) is 0 Å². The summed E-state index contributed by atoms with van der Waals surface area (Å²) in [5.41, 5.74) is 0.765. The largest absolute Gasteiger partial charge is 0.494 e. The fourth-order valence-electron chi connectivity index (χ4n) is 4.02. The molecule has 3 heteroatoms. The summed E-state index contributed by atoms with van der Waals surface area (Å²) in [6.07, 6.45) is 5.32. The van der Waals surface area contributed by atoms with Gasteiger partial charge in [0.1, 0.15) is 0 Å². The van der Waals surface area contributed by atoms with Gasteiger partial charge in [-0.15, -0.1) is 0 Å². The molecule has 3 atom stereocenters. The third kappa shape index (κ3) is 2.14. The second-order valence-corrected chi connectivity index (χ2v) is 5.82. The van der Waals surface area contributed by atoms with Crippen molar-refractivity contribution < 1.29 is 9.13 Å². The Morgan fingerprint density at radius 1 is 1.26 bits per heavy atom. The molecular weight excluding hydrogens is 241 g/mol. The van der Waals surface area contributed by atoms with E-state index in [1.807, 2.05) is 19.2 Å². The van der Waals surface area contributed by atoms with E-state index in [1.165, 1.54) is 32.8 Å². The van der Waals surface area contributed by atoms with E-state index >= 15 is 0 Å². The number of methoxy groups -OCH3 is 1. The first kappa shape index (κ1) is 12.9. The second-order valence-electron chi connectivity index (χ2n) is 5.82. The lowest BCUT2D eigenvalue weighted by Gasteiger charge is -2.19. The summed E-state index contributed by atoms with van der Waals surface area (Å²) >= 11 is 0. The molecule has 2 saturated carbocycles. The van der Waals surface area contributed by atoms with E-state index in [0.717, 1.165) is 17.4 Å². The number of hydrogen-bond acceptors (Lipinski definition) is 2. The first-order chi connectivity index (χ1) is 9.27. The molecule has 19 heavy (non-hydrogen) atoms. The molecule has 1 aromatic rings. The highest BCUT2D eigenvalue weighted by Crippen LogP contribution is 2.60. The SMILES string of the molecule is CNC(c1cccc(OC)c1F)C1C2CCCCC21. The molecule has 2 aliphatic carbocycles. The van der Waals surface area contributed by atoms with Crippen molar-refractivity contribution in [3.05, 3.63) is 29.6 Å². The lowest BCUT2D eigenvalue weighted by molar-refractivity contribution is 0.375. The van der Waals surface area contributed by atoms with Crippen molar-refractivity contribution in [2.24, 2.45) is 17.8 Å². The minimum absolute atomic E-state index is 0.128. The second kappa shape index (κ2) is 5.12. The lowest BCUT2D eigenvalue weighted by Crippen LogP contribution is -2.21. The summed E-state index contributed by atoms with van der Waals surface area (Å²) in [5, 5.41) is 3.33.